The van der Waals surface area contributed by atoms with Gasteiger partial charge >= 0.3 is 17.7 Å². The van der Waals surface area contributed by atoms with E-state index in [9.17, 15) is 14.4 Å². The van der Waals surface area contributed by atoms with E-state index in [4.69, 9.17) is 18.6 Å². The minimum atomic E-state index is -0.887. The molecule has 0 aliphatic heterocycles. The second kappa shape index (κ2) is 8.67. The lowest BCUT2D eigenvalue weighted by atomic mass is 10.1. The van der Waals surface area contributed by atoms with Crippen LogP contribution < -0.4 is 20.4 Å². The number of carbonyl (C=O) groups is 2. The highest BCUT2D eigenvalue weighted by molar-refractivity contribution is 6.05. The first-order valence-electron chi connectivity index (χ1n) is 9.87. The quantitative estimate of drug-likeness (QED) is 0.282. The highest BCUT2D eigenvalue weighted by Gasteiger charge is 2.24. The molecule has 0 spiro atoms. The predicted molar refractivity (Wildman–Crippen MR) is 116 cm³/mol. The van der Waals surface area contributed by atoms with E-state index >= 15 is 0 Å². The molecule has 1 heterocycles. The van der Waals surface area contributed by atoms with Crippen LogP contribution in [-0.4, -0.2) is 30.8 Å². The molecule has 1 N–H and O–H groups in total. The van der Waals surface area contributed by atoms with E-state index in [1.165, 1.54) is 13.2 Å². The van der Waals surface area contributed by atoms with Gasteiger partial charge in [-0.15, -0.1) is 0 Å². The number of alkyl carbamates (subject to hydrolysis) is 1. The molecule has 1 atom stereocenters. The number of fused-ring (bicyclic) bond motifs is 3. The molecule has 0 saturated heterocycles. The summed E-state index contributed by atoms with van der Waals surface area (Å²) in [4.78, 5) is 36.9. The van der Waals surface area contributed by atoms with Crippen LogP contribution in [-0.2, 0) is 9.53 Å². The first-order chi connectivity index (χ1) is 14.6. The summed E-state index contributed by atoms with van der Waals surface area (Å²) < 4.78 is 21.2. The van der Waals surface area contributed by atoms with Crippen molar-refractivity contribution in [3.63, 3.8) is 0 Å². The average molecular weight is 427 g/mol. The molecule has 0 saturated carbocycles. The topological polar surface area (TPSA) is 104 Å². The molecular formula is C23H25NO7. The van der Waals surface area contributed by atoms with Gasteiger partial charge in [0.15, 0.2) is 0 Å². The zero-order valence-electron chi connectivity index (χ0n) is 18.1. The molecular weight excluding hydrogens is 402 g/mol. The number of esters is 1. The van der Waals surface area contributed by atoms with E-state index in [1.807, 2.05) is 0 Å². The molecule has 0 radical (unpaired) electrons. The molecule has 1 aromatic heterocycles. The standard InChI is InChI=1S/C23H25NO7/c1-6-18(24-22(27)31-23(2,3)4)21(26)29-14-8-10-16-15-9-7-13(28-5)11-17(15)20(25)30-19(16)12-14/h7-12,18H,6H2,1-5H3,(H,24,27)/t18-/m1/s1. The summed E-state index contributed by atoms with van der Waals surface area (Å²) in [6.07, 6.45) is -0.393. The number of rotatable bonds is 5. The first kappa shape index (κ1) is 22.1. The van der Waals surface area contributed by atoms with E-state index in [0.29, 0.717) is 28.3 Å². The number of hydrogen-bond acceptors (Lipinski definition) is 7. The van der Waals surface area contributed by atoms with Gasteiger partial charge in [0.25, 0.3) is 0 Å². The second-order valence-electron chi connectivity index (χ2n) is 7.99. The van der Waals surface area contributed by atoms with Crippen LogP contribution in [0.1, 0.15) is 34.1 Å². The van der Waals surface area contributed by atoms with Crippen LogP contribution in [0, 0.1) is 0 Å². The molecule has 0 bridgehead atoms. The van der Waals surface area contributed by atoms with E-state index in [-0.39, 0.29) is 11.3 Å². The van der Waals surface area contributed by atoms with Crippen molar-refractivity contribution in [1.29, 1.82) is 0 Å². The summed E-state index contributed by atoms with van der Waals surface area (Å²) in [5.74, 6) is 0.0892. The molecule has 0 unspecified atom stereocenters. The van der Waals surface area contributed by atoms with Crippen molar-refractivity contribution < 1.29 is 28.2 Å². The fourth-order valence-electron chi connectivity index (χ4n) is 3.05. The van der Waals surface area contributed by atoms with Crippen molar-refractivity contribution in [3.05, 3.63) is 46.8 Å². The van der Waals surface area contributed by atoms with Crippen LogP contribution in [0.15, 0.2) is 45.6 Å². The number of nitrogens with one attached hydrogen (secondary N) is 1. The lowest BCUT2D eigenvalue weighted by Gasteiger charge is -2.22. The SMILES string of the molecule is CC[C@@H](NC(=O)OC(C)(C)C)C(=O)Oc1ccc2c(c1)oc(=O)c1cc(OC)ccc12. The van der Waals surface area contributed by atoms with Crippen molar-refractivity contribution in [3.8, 4) is 11.5 Å². The Morgan fingerprint density at radius 3 is 2.35 bits per heavy atom. The summed E-state index contributed by atoms with van der Waals surface area (Å²) in [6.45, 7) is 6.93. The van der Waals surface area contributed by atoms with Crippen LogP contribution in [0.5, 0.6) is 11.5 Å². The smallest absolute Gasteiger partial charge is 0.408 e. The zero-order valence-corrected chi connectivity index (χ0v) is 18.1. The molecule has 0 aliphatic carbocycles. The summed E-state index contributed by atoms with van der Waals surface area (Å²) in [5.41, 5.74) is -0.932. The van der Waals surface area contributed by atoms with E-state index in [2.05, 4.69) is 5.32 Å². The number of benzene rings is 2. The molecule has 164 valence electrons. The van der Waals surface area contributed by atoms with Crippen LogP contribution in [0.4, 0.5) is 4.79 Å². The molecule has 1 amide bonds. The number of hydrogen-bond donors (Lipinski definition) is 1. The maximum Gasteiger partial charge on any atom is 0.408 e. The van der Waals surface area contributed by atoms with Crippen LogP contribution in [0.2, 0.25) is 0 Å². The first-order valence-corrected chi connectivity index (χ1v) is 9.87. The summed E-state index contributed by atoms with van der Waals surface area (Å²) in [5, 5.41) is 4.28. The Hall–Kier alpha value is -3.55. The molecule has 8 heteroatoms. The largest absolute Gasteiger partial charge is 0.497 e. The van der Waals surface area contributed by atoms with Crippen molar-refractivity contribution in [2.75, 3.05) is 7.11 Å². The third-order valence-corrected chi connectivity index (χ3v) is 4.49. The summed E-state index contributed by atoms with van der Waals surface area (Å²) in [7, 11) is 1.52. The van der Waals surface area contributed by atoms with Gasteiger partial charge in [-0.3, -0.25) is 0 Å². The van der Waals surface area contributed by atoms with Crippen LogP contribution >= 0.6 is 0 Å². The molecule has 8 nitrogen and oxygen atoms in total. The van der Waals surface area contributed by atoms with E-state index < -0.39 is 29.3 Å². The van der Waals surface area contributed by atoms with Gasteiger partial charge in [0.05, 0.1) is 12.5 Å². The Balaban J connectivity index is 1.84. The van der Waals surface area contributed by atoms with Gasteiger partial charge < -0.3 is 23.9 Å². The Morgan fingerprint density at radius 1 is 1.03 bits per heavy atom. The molecule has 0 aliphatic rings. The van der Waals surface area contributed by atoms with E-state index in [1.54, 1.807) is 58.0 Å². The van der Waals surface area contributed by atoms with Gasteiger partial charge in [-0.05, 0) is 57.5 Å². The predicted octanol–water partition coefficient (Wildman–Crippen LogP) is 4.16. The molecule has 0 fully saturated rings. The number of amides is 1. The van der Waals surface area contributed by atoms with Crippen molar-refractivity contribution in [1.82, 2.24) is 5.32 Å². The molecule has 2 aromatic carbocycles. The Morgan fingerprint density at radius 2 is 1.71 bits per heavy atom. The molecule has 3 rings (SSSR count). The lowest BCUT2D eigenvalue weighted by molar-refractivity contribution is -0.136. The Kier molecular flexibility index (Phi) is 6.19. The van der Waals surface area contributed by atoms with Crippen molar-refractivity contribution in [2.45, 2.75) is 45.8 Å². The number of methoxy groups -OCH3 is 1. The third-order valence-electron chi connectivity index (χ3n) is 4.49. The van der Waals surface area contributed by atoms with Crippen molar-refractivity contribution in [2.24, 2.45) is 0 Å². The normalized spacial score (nSPS) is 12.4. The highest BCUT2D eigenvalue weighted by atomic mass is 16.6. The Labute approximate surface area is 179 Å². The average Bonchev–Trinajstić information content (AvgIpc) is 2.70. The minimum Gasteiger partial charge on any atom is -0.497 e. The summed E-state index contributed by atoms with van der Waals surface area (Å²) >= 11 is 0. The fourth-order valence-corrected chi connectivity index (χ4v) is 3.05. The van der Waals surface area contributed by atoms with Gasteiger partial charge in [-0.1, -0.05) is 6.92 Å². The number of ether oxygens (including phenoxy) is 3. The van der Waals surface area contributed by atoms with Gasteiger partial charge in [0.2, 0.25) is 0 Å². The second-order valence-corrected chi connectivity index (χ2v) is 7.99. The van der Waals surface area contributed by atoms with Gasteiger partial charge in [-0.25, -0.2) is 14.4 Å². The van der Waals surface area contributed by atoms with Crippen molar-refractivity contribution >= 4 is 33.8 Å². The fraction of sp³-hybridized carbons (Fsp3) is 0.348. The van der Waals surface area contributed by atoms with Gasteiger partial charge in [0.1, 0.15) is 28.7 Å². The monoisotopic (exact) mass is 427 g/mol. The highest BCUT2D eigenvalue weighted by Crippen LogP contribution is 2.28. The zero-order chi connectivity index (χ0) is 22.8. The maximum atomic E-state index is 12.5. The minimum absolute atomic E-state index is 0.193. The molecule has 31 heavy (non-hydrogen) atoms. The van der Waals surface area contributed by atoms with E-state index in [0.717, 1.165) is 0 Å². The van der Waals surface area contributed by atoms with Gasteiger partial charge in [-0.2, -0.15) is 0 Å². The molecule has 3 aromatic rings. The van der Waals surface area contributed by atoms with Crippen LogP contribution in [0.25, 0.3) is 21.7 Å². The number of carbonyl (C=O) groups excluding carboxylic acids is 2. The van der Waals surface area contributed by atoms with Gasteiger partial charge in [0, 0.05) is 16.8 Å². The third kappa shape index (κ3) is 5.14. The maximum absolute atomic E-state index is 12.5. The Bertz CT molecular complexity index is 1190. The summed E-state index contributed by atoms with van der Waals surface area (Å²) in [6, 6.07) is 9.03. The lowest BCUT2D eigenvalue weighted by Crippen LogP contribution is -2.44. The van der Waals surface area contributed by atoms with Crippen LogP contribution in [0.3, 0.4) is 0 Å².